The number of carbonyl (C=O) groups excluding carboxylic acids is 1. The summed E-state index contributed by atoms with van der Waals surface area (Å²) in [6.07, 6.45) is -8.59. The van der Waals surface area contributed by atoms with E-state index in [1.165, 1.54) is 0 Å². The first-order valence-electron chi connectivity index (χ1n) is 4.03. The Kier molecular flexibility index (Phi) is 3.71. The summed E-state index contributed by atoms with van der Waals surface area (Å²) in [5, 5.41) is -1.36. The van der Waals surface area contributed by atoms with Gasteiger partial charge in [0.25, 0.3) is 0 Å². The molecule has 1 aromatic rings. The van der Waals surface area contributed by atoms with Crippen molar-refractivity contribution in [2.75, 3.05) is 0 Å². The largest absolute Gasteiger partial charge is 0.417 e. The summed E-state index contributed by atoms with van der Waals surface area (Å²) in [7, 11) is 0. The van der Waals surface area contributed by atoms with Gasteiger partial charge in [0, 0.05) is 0 Å². The van der Waals surface area contributed by atoms with E-state index in [9.17, 15) is 31.1 Å². The first-order chi connectivity index (χ1) is 7.66. The Balaban J connectivity index is 3.46. The van der Waals surface area contributed by atoms with Gasteiger partial charge in [0.15, 0.2) is 0 Å². The third-order valence-corrected chi connectivity index (χ3v) is 2.23. The highest BCUT2D eigenvalue weighted by molar-refractivity contribution is 6.35. The van der Waals surface area contributed by atoms with Crippen LogP contribution in [0.5, 0.6) is 0 Å². The lowest BCUT2D eigenvalue weighted by atomic mass is 10.1. The normalized spacial score (nSPS) is 12.0. The minimum Gasteiger partial charge on any atom is -0.288 e. The summed E-state index contributed by atoms with van der Waals surface area (Å²) >= 11 is 5.12. The molecule has 0 saturated carbocycles. The number of halogens is 7. The number of benzene rings is 1. The molecule has 1 rings (SSSR count). The van der Waals surface area contributed by atoms with Gasteiger partial charge < -0.3 is 0 Å². The van der Waals surface area contributed by atoms with Crippen molar-refractivity contribution in [3.8, 4) is 0 Å². The summed E-state index contributed by atoms with van der Waals surface area (Å²) < 4.78 is 74.1. The van der Waals surface area contributed by atoms with E-state index in [1.807, 2.05) is 0 Å². The maximum Gasteiger partial charge on any atom is 0.417 e. The lowest BCUT2D eigenvalue weighted by Gasteiger charge is -2.12. The van der Waals surface area contributed by atoms with Crippen LogP contribution in [0.25, 0.3) is 0 Å². The molecule has 0 unspecified atom stereocenters. The molecule has 1 nitrogen and oxygen atoms in total. The van der Waals surface area contributed by atoms with Crippen molar-refractivity contribution < 1.29 is 31.1 Å². The van der Waals surface area contributed by atoms with Gasteiger partial charge in [0.05, 0.1) is 16.1 Å². The van der Waals surface area contributed by atoms with Gasteiger partial charge in [-0.15, -0.1) is 0 Å². The SMILES string of the molecule is O=C(c1c(F)ccc(C(F)(F)F)c1Cl)C(F)F. The number of alkyl halides is 5. The average molecular weight is 277 g/mol. The van der Waals surface area contributed by atoms with E-state index >= 15 is 0 Å². The Morgan fingerprint density at radius 3 is 2.18 bits per heavy atom. The van der Waals surface area contributed by atoms with Crippen LogP contribution in [-0.4, -0.2) is 12.2 Å². The van der Waals surface area contributed by atoms with Gasteiger partial charge in [-0.25, -0.2) is 13.2 Å². The van der Waals surface area contributed by atoms with Gasteiger partial charge in [-0.1, -0.05) is 11.6 Å². The van der Waals surface area contributed by atoms with Crippen molar-refractivity contribution in [3.63, 3.8) is 0 Å². The summed E-state index contributed by atoms with van der Waals surface area (Å²) in [4.78, 5) is 10.8. The zero-order valence-electron chi connectivity index (χ0n) is 7.79. The van der Waals surface area contributed by atoms with Gasteiger partial charge >= 0.3 is 12.6 Å². The van der Waals surface area contributed by atoms with Crippen LogP contribution in [0.2, 0.25) is 5.02 Å². The van der Waals surface area contributed by atoms with Crippen molar-refractivity contribution in [1.29, 1.82) is 0 Å². The average Bonchev–Trinajstić information content (AvgIpc) is 2.14. The van der Waals surface area contributed by atoms with Gasteiger partial charge in [0.2, 0.25) is 5.78 Å². The van der Waals surface area contributed by atoms with Gasteiger partial charge in [-0.2, -0.15) is 13.2 Å². The zero-order valence-corrected chi connectivity index (χ0v) is 8.54. The monoisotopic (exact) mass is 276 g/mol. The number of rotatable bonds is 2. The maximum absolute atomic E-state index is 13.0. The minimum absolute atomic E-state index is 0.268. The molecule has 0 amide bonds. The Morgan fingerprint density at radius 1 is 1.24 bits per heavy atom. The third-order valence-electron chi connectivity index (χ3n) is 1.84. The molecule has 0 heterocycles. The molecule has 0 saturated heterocycles. The van der Waals surface area contributed by atoms with Crippen LogP contribution in [0.15, 0.2) is 12.1 Å². The topological polar surface area (TPSA) is 17.1 Å². The summed E-state index contributed by atoms with van der Waals surface area (Å²) in [6, 6.07) is 0.546. The first-order valence-corrected chi connectivity index (χ1v) is 4.41. The predicted molar refractivity (Wildman–Crippen MR) is 46.7 cm³/mol. The number of hydrogen-bond acceptors (Lipinski definition) is 1. The first kappa shape index (κ1) is 13.8. The smallest absolute Gasteiger partial charge is 0.288 e. The second-order valence-electron chi connectivity index (χ2n) is 2.95. The molecule has 0 fully saturated rings. The Bertz CT molecular complexity index is 454. The molecule has 0 bridgehead atoms. The lowest BCUT2D eigenvalue weighted by molar-refractivity contribution is -0.137. The molecular weight excluding hydrogens is 274 g/mol. The maximum atomic E-state index is 13.0. The van der Waals surface area contributed by atoms with Crippen molar-refractivity contribution in [2.24, 2.45) is 0 Å². The van der Waals surface area contributed by atoms with E-state index < -0.39 is 40.4 Å². The van der Waals surface area contributed by atoms with Crippen LogP contribution in [0.1, 0.15) is 15.9 Å². The molecule has 0 aliphatic rings. The van der Waals surface area contributed by atoms with Crippen LogP contribution >= 0.6 is 11.6 Å². The molecule has 0 aromatic heterocycles. The zero-order chi connectivity index (χ0) is 13.4. The predicted octanol–water partition coefficient (Wildman–Crippen LogP) is 3.95. The second kappa shape index (κ2) is 4.56. The standard InChI is InChI=1S/C9H3ClF6O/c10-6-3(9(14,15)16)1-2-4(11)5(6)7(17)8(12)13/h1-2,8H. The molecule has 0 aliphatic heterocycles. The van der Waals surface area contributed by atoms with E-state index in [-0.39, 0.29) is 12.1 Å². The third kappa shape index (κ3) is 2.71. The van der Waals surface area contributed by atoms with E-state index in [0.29, 0.717) is 0 Å². The fourth-order valence-corrected chi connectivity index (χ4v) is 1.46. The van der Waals surface area contributed by atoms with Crippen molar-refractivity contribution in [2.45, 2.75) is 12.6 Å². The quantitative estimate of drug-likeness (QED) is 0.590. The molecule has 94 valence electrons. The number of ketones is 1. The van der Waals surface area contributed by atoms with Crippen LogP contribution < -0.4 is 0 Å². The molecule has 0 atom stereocenters. The highest BCUT2D eigenvalue weighted by Gasteiger charge is 2.37. The molecule has 0 aliphatic carbocycles. The molecule has 0 spiro atoms. The van der Waals surface area contributed by atoms with Crippen molar-refractivity contribution in [1.82, 2.24) is 0 Å². The van der Waals surface area contributed by atoms with Crippen molar-refractivity contribution >= 4 is 17.4 Å². The van der Waals surface area contributed by atoms with Gasteiger partial charge in [0.1, 0.15) is 5.82 Å². The lowest BCUT2D eigenvalue weighted by Crippen LogP contribution is -2.16. The van der Waals surface area contributed by atoms with E-state index in [0.717, 1.165) is 0 Å². The van der Waals surface area contributed by atoms with Crippen molar-refractivity contribution in [3.05, 3.63) is 34.1 Å². The number of hydrogen-bond donors (Lipinski definition) is 0. The highest BCUT2D eigenvalue weighted by Crippen LogP contribution is 2.37. The van der Waals surface area contributed by atoms with Crippen LogP contribution in [-0.2, 0) is 6.18 Å². The molecule has 1 aromatic carbocycles. The van der Waals surface area contributed by atoms with Gasteiger partial charge in [-0.3, -0.25) is 4.79 Å². The fraction of sp³-hybridized carbons (Fsp3) is 0.222. The summed E-state index contributed by atoms with van der Waals surface area (Å²) in [5.41, 5.74) is -2.99. The van der Waals surface area contributed by atoms with Crippen LogP contribution in [0.4, 0.5) is 26.3 Å². The van der Waals surface area contributed by atoms with Crippen LogP contribution in [0.3, 0.4) is 0 Å². The molecule has 0 radical (unpaired) electrons. The number of Topliss-reactive ketones (excluding diaryl/α,β-unsaturated/α-hetero) is 1. The summed E-state index contributed by atoms with van der Waals surface area (Å²) in [6.45, 7) is 0. The highest BCUT2D eigenvalue weighted by atomic mass is 35.5. The van der Waals surface area contributed by atoms with E-state index in [4.69, 9.17) is 11.6 Å². The molecule has 17 heavy (non-hydrogen) atoms. The Hall–Kier alpha value is -1.24. The van der Waals surface area contributed by atoms with Crippen LogP contribution in [0, 0.1) is 5.82 Å². The Morgan fingerprint density at radius 2 is 1.76 bits per heavy atom. The molecule has 0 N–H and O–H groups in total. The van der Waals surface area contributed by atoms with E-state index in [2.05, 4.69) is 0 Å². The molecular formula is C9H3ClF6O. The van der Waals surface area contributed by atoms with E-state index in [1.54, 1.807) is 0 Å². The van der Waals surface area contributed by atoms with Gasteiger partial charge in [-0.05, 0) is 12.1 Å². The Labute approximate surface area is 96.0 Å². The summed E-state index contributed by atoms with van der Waals surface area (Å²) in [5.74, 6) is -3.60. The number of carbonyl (C=O) groups is 1. The molecule has 8 heteroatoms. The fourth-order valence-electron chi connectivity index (χ4n) is 1.11. The second-order valence-corrected chi connectivity index (χ2v) is 3.32. The minimum atomic E-state index is -4.96.